The first-order valence-corrected chi connectivity index (χ1v) is 14.7. The first-order valence-electron chi connectivity index (χ1n) is 13.9. The van der Waals surface area contributed by atoms with Crippen LogP contribution in [0, 0.1) is 6.92 Å². The molecule has 0 spiro atoms. The Morgan fingerprint density at radius 2 is 1.67 bits per heavy atom. The van der Waals surface area contributed by atoms with Crippen molar-refractivity contribution in [1.82, 2.24) is 10.2 Å². The van der Waals surface area contributed by atoms with Gasteiger partial charge in [0.2, 0.25) is 5.91 Å². The average Bonchev–Trinajstić information content (AvgIpc) is 3.44. The van der Waals surface area contributed by atoms with Gasteiger partial charge in [0.1, 0.15) is 11.8 Å². The standard InChI is InChI=1S/C33H39BrN2O3/c1-23(2)27-17-18-31(29(34)20-27)39-22-32(37)36(21-26-15-13-24(3)14-16-26)30(19-25-9-5-4-6-10-25)33(38)35-28-11-7-8-12-28/h4-6,9-10,13-18,20,23,28,30H,7-8,11-12,19,21-22H2,1-3H3,(H,35,38)/t30-/m0/s1. The number of hydrogen-bond donors (Lipinski definition) is 1. The van der Waals surface area contributed by atoms with Gasteiger partial charge in [-0.15, -0.1) is 0 Å². The second kappa shape index (κ2) is 13.8. The Bertz CT molecular complexity index is 1240. The highest BCUT2D eigenvalue weighted by Gasteiger charge is 2.32. The first kappa shape index (κ1) is 28.9. The Hall–Kier alpha value is -3.12. The molecule has 1 aliphatic rings. The molecule has 1 fully saturated rings. The van der Waals surface area contributed by atoms with E-state index in [0.29, 0.717) is 24.6 Å². The van der Waals surface area contributed by atoms with Crippen molar-refractivity contribution in [3.05, 3.63) is 99.5 Å². The van der Waals surface area contributed by atoms with E-state index in [1.54, 1.807) is 4.90 Å². The number of carbonyl (C=O) groups excluding carboxylic acids is 2. The van der Waals surface area contributed by atoms with Gasteiger partial charge < -0.3 is 15.0 Å². The van der Waals surface area contributed by atoms with Gasteiger partial charge in [-0.05, 0) is 70.4 Å². The number of amides is 2. The Balaban J connectivity index is 1.60. The van der Waals surface area contributed by atoms with Crippen LogP contribution in [-0.2, 0) is 22.6 Å². The van der Waals surface area contributed by atoms with Gasteiger partial charge in [0.25, 0.3) is 5.91 Å². The van der Waals surface area contributed by atoms with Crippen LogP contribution in [0.2, 0.25) is 0 Å². The van der Waals surface area contributed by atoms with Crippen molar-refractivity contribution in [2.24, 2.45) is 0 Å². The molecule has 0 saturated heterocycles. The van der Waals surface area contributed by atoms with E-state index in [1.165, 1.54) is 5.56 Å². The number of ether oxygens (including phenoxy) is 1. The number of carbonyl (C=O) groups is 2. The molecule has 39 heavy (non-hydrogen) atoms. The summed E-state index contributed by atoms with van der Waals surface area (Å²) in [4.78, 5) is 29.3. The highest BCUT2D eigenvalue weighted by molar-refractivity contribution is 9.10. The van der Waals surface area contributed by atoms with Gasteiger partial charge in [0, 0.05) is 19.0 Å². The van der Waals surface area contributed by atoms with Crippen LogP contribution in [0.1, 0.15) is 67.7 Å². The predicted octanol–water partition coefficient (Wildman–Crippen LogP) is 6.96. The van der Waals surface area contributed by atoms with Gasteiger partial charge in [-0.25, -0.2) is 0 Å². The molecule has 1 saturated carbocycles. The zero-order valence-electron chi connectivity index (χ0n) is 23.2. The number of aryl methyl sites for hydroxylation is 1. The van der Waals surface area contributed by atoms with Crippen molar-refractivity contribution in [3.8, 4) is 5.75 Å². The third-order valence-corrected chi connectivity index (χ3v) is 8.04. The highest BCUT2D eigenvalue weighted by Crippen LogP contribution is 2.29. The number of nitrogens with one attached hydrogen (secondary N) is 1. The summed E-state index contributed by atoms with van der Waals surface area (Å²) >= 11 is 3.59. The van der Waals surface area contributed by atoms with Gasteiger partial charge in [-0.1, -0.05) is 92.9 Å². The minimum absolute atomic E-state index is 0.103. The average molecular weight is 592 g/mol. The molecule has 0 radical (unpaired) electrons. The lowest BCUT2D eigenvalue weighted by Gasteiger charge is -2.32. The molecule has 0 bridgehead atoms. The normalized spacial score (nSPS) is 14.3. The number of hydrogen-bond acceptors (Lipinski definition) is 3. The van der Waals surface area contributed by atoms with Crippen molar-refractivity contribution in [1.29, 1.82) is 0 Å². The minimum atomic E-state index is -0.655. The monoisotopic (exact) mass is 590 g/mol. The summed E-state index contributed by atoms with van der Waals surface area (Å²) in [6, 6.07) is 23.5. The quantitative estimate of drug-likeness (QED) is 0.262. The van der Waals surface area contributed by atoms with Crippen LogP contribution >= 0.6 is 15.9 Å². The fourth-order valence-electron chi connectivity index (χ4n) is 5.03. The lowest BCUT2D eigenvalue weighted by molar-refractivity contribution is -0.143. The largest absolute Gasteiger partial charge is 0.483 e. The molecule has 0 unspecified atom stereocenters. The molecule has 4 rings (SSSR count). The van der Waals surface area contributed by atoms with E-state index in [0.717, 1.165) is 46.8 Å². The third kappa shape index (κ3) is 8.18. The molecule has 3 aromatic carbocycles. The molecule has 3 aromatic rings. The minimum Gasteiger partial charge on any atom is -0.483 e. The molecule has 0 aliphatic heterocycles. The van der Waals surface area contributed by atoms with Gasteiger partial charge in [0.15, 0.2) is 6.61 Å². The summed E-state index contributed by atoms with van der Waals surface area (Å²) in [6.07, 6.45) is 4.65. The molecule has 6 heteroatoms. The van der Waals surface area contributed by atoms with Gasteiger partial charge in [0.05, 0.1) is 4.47 Å². The third-order valence-electron chi connectivity index (χ3n) is 7.42. The Labute approximate surface area is 241 Å². The molecule has 2 amide bonds. The zero-order valence-corrected chi connectivity index (χ0v) is 24.7. The van der Waals surface area contributed by atoms with Crippen molar-refractivity contribution in [2.75, 3.05) is 6.61 Å². The second-order valence-corrected chi connectivity index (χ2v) is 11.7. The Morgan fingerprint density at radius 1 is 0.974 bits per heavy atom. The number of nitrogens with zero attached hydrogens (tertiary/aromatic N) is 1. The molecule has 1 aliphatic carbocycles. The lowest BCUT2D eigenvalue weighted by atomic mass is 10.0. The summed E-state index contributed by atoms with van der Waals surface area (Å²) in [7, 11) is 0. The van der Waals surface area contributed by atoms with Gasteiger partial charge in [-0.3, -0.25) is 9.59 Å². The van der Waals surface area contributed by atoms with Crippen LogP contribution in [0.5, 0.6) is 5.75 Å². The number of halogens is 1. The fourth-order valence-corrected chi connectivity index (χ4v) is 5.54. The predicted molar refractivity (Wildman–Crippen MR) is 160 cm³/mol. The molecule has 0 heterocycles. The summed E-state index contributed by atoms with van der Waals surface area (Å²) in [5, 5.41) is 3.25. The molecule has 1 N–H and O–H groups in total. The van der Waals surface area contributed by atoms with Crippen molar-refractivity contribution in [3.63, 3.8) is 0 Å². The van der Waals surface area contributed by atoms with Gasteiger partial charge in [-0.2, -0.15) is 0 Å². The topological polar surface area (TPSA) is 58.6 Å². The van der Waals surface area contributed by atoms with E-state index in [-0.39, 0.29) is 24.5 Å². The van der Waals surface area contributed by atoms with Crippen LogP contribution in [-0.4, -0.2) is 35.4 Å². The number of rotatable bonds is 11. The zero-order chi connectivity index (χ0) is 27.8. The maximum Gasteiger partial charge on any atom is 0.261 e. The Kier molecular flexibility index (Phi) is 10.2. The SMILES string of the molecule is Cc1ccc(CN(C(=O)COc2ccc(C(C)C)cc2Br)[C@@H](Cc2ccccc2)C(=O)NC2CCCC2)cc1. The molecule has 5 nitrogen and oxygen atoms in total. The molecular weight excluding hydrogens is 552 g/mol. The molecule has 0 aromatic heterocycles. The summed E-state index contributed by atoms with van der Waals surface area (Å²) < 4.78 is 6.83. The Morgan fingerprint density at radius 3 is 2.31 bits per heavy atom. The van der Waals surface area contributed by atoms with Crippen LogP contribution < -0.4 is 10.1 Å². The molecular formula is C33H39BrN2O3. The van der Waals surface area contributed by atoms with Crippen LogP contribution in [0.15, 0.2) is 77.3 Å². The second-order valence-electron chi connectivity index (χ2n) is 10.8. The van der Waals surface area contributed by atoms with Crippen LogP contribution in [0.3, 0.4) is 0 Å². The summed E-state index contributed by atoms with van der Waals surface area (Å²) in [6.45, 7) is 6.48. The fraction of sp³-hybridized carbons (Fsp3) is 0.394. The highest BCUT2D eigenvalue weighted by atomic mass is 79.9. The van der Waals surface area contributed by atoms with Crippen molar-refractivity contribution >= 4 is 27.7 Å². The van der Waals surface area contributed by atoms with Crippen LogP contribution in [0.4, 0.5) is 0 Å². The van der Waals surface area contributed by atoms with E-state index in [9.17, 15) is 9.59 Å². The van der Waals surface area contributed by atoms with E-state index in [2.05, 4.69) is 35.1 Å². The van der Waals surface area contributed by atoms with Crippen LogP contribution in [0.25, 0.3) is 0 Å². The lowest BCUT2D eigenvalue weighted by Crippen LogP contribution is -2.53. The summed E-state index contributed by atoms with van der Waals surface area (Å²) in [5.41, 5.74) is 4.32. The van der Waals surface area contributed by atoms with E-state index in [1.807, 2.05) is 79.7 Å². The smallest absolute Gasteiger partial charge is 0.261 e. The molecule has 206 valence electrons. The van der Waals surface area contributed by atoms with E-state index >= 15 is 0 Å². The van der Waals surface area contributed by atoms with E-state index in [4.69, 9.17) is 4.74 Å². The van der Waals surface area contributed by atoms with E-state index < -0.39 is 6.04 Å². The van der Waals surface area contributed by atoms with Crippen molar-refractivity contribution < 1.29 is 14.3 Å². The first-order chi connectivity index (χ1) is 18.8. The maximum absolute atomic E-state index is 13.9. The van der Waals surface area contributed by atoms with Crippen molar-refractivity contribution in [2.45, 2.75) is 77.4 Å². The maximum atomic E-state index is 13.9. The van der Waals surface area contributed by atoms with Gasteiger partial charge >= 0.3 is 0 Å². The number of benzene rings is 3. The summed E-state index contributed by atoms with van der Waals surface area (Å²) in [5.74, 6) is 0.670. The molecule has 1 atom stereocenters.